The number of hydrogen-bond acceptors (Lipinski definition) is 5. The lowest BCUT2D eigenvalue weighted by Crippen LogP contribution is -2.53. The predicted octanol–water partition coefficient (Wildman–Crippen LogP) is 2.66. The Bertz CT molecular complexity index is 515. The average Bonchev–Trinajstić information content (AvgIpc) is 2.45. The van der Waals surface area contributed by atoms with Gasteiger partial charge < -0.3 is 15.4 Å². The maximum absolute atomic E-state index is 12.7. The molecule has 3 atom stereocenters. The van der Waals surface area contributed by atoms with Gasteiger partial charge in [0.1, 0.15) is 5.82 Å². The second kappa shape index (κ2) is 8.12. The fourth-order valence-electron chi connectivity index (χ4n) is 2.40. The van der Waals surface area contributed by atoms with Crippen molar-refractivity contribution in [1.82, 2.24) is 15.3 Å². The maximum Gasteiger partial charge on any atom is 0.434 e. The van der Waals surface area contributed by atoms with Crippen molar-refractivity contribution in [3.05, 3.63) is 17.6 Å². The Morgan fingerprint density at radius 2 is 2.09 bits per heavy atom. The van der Waals surface area contributed by atoms with Gasteiger partial charge in [-0.25, -0.2) is 9.97 Å². The van der Waals surface area contributed by atoms with E-state index in [1.165, 1.54) is 0 Å². The highest BCUT2D eigenvalue weighted by molar-refractivity contribution is 5.85. The number of halogens is 4. The van der Waals surface area contributed by atoms with Crippen LogP contribution in [0.4, 0.5) is 19.0 Å². The van der Waals surface area contributed by atoms with Gasteiger partial charge in [0.25, 0.3) is 0 Å². The van der Waals surface area contributed by atoms with Crippen LogP contribution < -0.4 is 10.6 Å². The minimum Gasteiger partial charge on any atom is -0.373 e. The van der Waals surface area contributed by atoms with E-state index in [0.29, 0.717) is 24.5 Å². The summed E-state index contributed by atoms with van der Waals surface area (Å²) in [6.45, 7) is 6.97. The van der Waals surface area contributed by atoms with Crippen LogP contribution in [0, 0.1) is 0 Å². The molecule has 1 fully saturated rings. The van der Waals surface area contributed by atoms with Crippen molar-refractivity contribution in [3.63, 3.8) is 0 Å². The molecular weight excluding hydrogens is 333 g/mol. The van der Waals surface area contributed by atoms with Crippen LogP contribution in [0.1, 0.15) is 32.2 Å². The minimum atomic E-state index is -4.47. The van der Waals surface area contributed by atoms with E-state index < -0.39 is 11.9 Å². The number of nitrogens with zero attached hydrogens (tertiary/aromatic N) is 2. The molecule has 5 nitrogen and oxygen atoms in total. The predicted molar refractivity (Wildman–Crippen MR) is 83.9 cm³/mol. The van der Waals surface area contributed by atoms with Crippen LogP contribution in [0.5, 0.6) is 0 Å². The molecule has 0 bridgehead atoms. The molecule has 0 aromatic carbocycles. The molecule has 2 heterocycles. The third kappa shape index (κ3) is 5.19. The van der Waals surface area contributed by atoms with Crippen LogP contribution in [0.2, 0.25) is 0 Å². The summed E-state index contributed by atoms with van der Waals surface area (Å²) in [5.74, 6) is 0.392. The number of alkyl halides is 3. The highest BCUT2D eigenvalue weighted by Gasteiger charge is 2.33. The molecule has 2 rings (SSSR count). The van der Waals surface area contributed by atoms with Crippen LogP contribution >= 0.6 is 12.4 Å². The van der Waals surface area contributed by atoms with E-state index in [9.17, 15) is 13.2 Å². The maximum atomic E-state index is 12.7. The van der Waals surface area contributed by atoms with Gasteiger partial charge >= 0.3 is 6.18 Å². The van der Waals surface area contributed by atoms with Crippen molar-refractivity contribution in [3.8, 4) is 0 Å². The largest absolute Gasteiger partial charge is 0.434 e. The number of hydrogen-bond donors (Lipinski definition) is 2. The van der Waals surface area contributed by atoms with Crippen LogP contribution in [0.25, 0.3) is 0 Å². The Labute approximate surface area is 139 Å². The van der Waals surface area contributed by atoms with Crippen LogP contribution in [0.15, 0.2) is 6.20 Å². The van der Waals surface area contributed by atoms with E-state index in [2.05, 4.69) is 20.6 Å². The summed E-state index contributed by atoms with van der Waals surface area (Å²) < 4.78 is 43.7. The smallest absolute Gasteiger partial charge is 0.373 e. The molecule has 0 saturated carbocycles. The second-order valence-corrected chi connectivity index (χ2v) is 5.45. The number of ether oxygens (including phenoxy) is 1. The molecule has 0 aliphatic carbocycles. The Morgan fingerprint density at radius 3 is 2.65 bits per heavy atom. The summed E-state index contributed by atoms with van der Waals surface area (Å²) in [6.07, 6.45) is -3.16. The summed E-state index contributed by atoms with van der Waals surface area (Å²) in [4.78, 5) is 7.53. The van der Waals surface area contributed by atoms with Crippen molar-refractivity contribution < 1.29 is 17.9 Å². The van der Waals surface area contributed by atoms with Gasteiger partial charge in [-0.3, -0.25) is 0 Å². The first-order chi connectivity index (χ1) is 10.3. The number of aryl methyl sites for hydroxylation is 1. The zero-order valence-electron chi connectivity index (χ0n) is 13.3. The lowest BCUT2D eigenvalue weighted by Gasteiger charge is -2.34. The fourth-order valence-corrected chi connectivity index (χ4v) is 2.40. The van der Waals surface area contributed by atoms with Gasteiger partial charge in [0, 0.05) is 13.1 Å². The van der Waals surface area contributed by atoms with Crippen molar-refractivity contribution >= 4 is 18.2 Å². The third-order valence-corrected chi connectivity index (χ3v) is 3.64. The zero-order chi connectivity index (χ0) is 16.3. The molecule has 0 radical (unpaired) electrons. The molecule has 1 aliphatic heterocycles. The van der Waals surface area contributed by atoms with Gasteiger partial charge in [-0.1, -0.05) is 6.92 Å². The lowest BCUT2D eigenvalue weighted by atomic mass is 10.1. The van der Waals surface area contributed by atoms with Crippen molar-refractivity contribution in [2.75, 3.05) is 18.4 Å². The average molecular weight is 355 g/mol. The molecule has 1 aromatic heterocycles. The molecule has 0 amide bonds. The molecule has 9 heteroatoms. The number of aromatic nitrogens is 2. The van der Waals surface area contributed by atoms with E-state index in [4.69, 9.17) is 4.74 Å². The van der Waals surface area contributed by atoms with E-state index in [-0.39, 0.29) is 30.7 Å². The topological polar surface area (TPSA) is 59.1 Å². The fraction of sp³-hybridized carbons (Fsp3) is 0.714. The van der Waals surface area contributed by atoms with Gasteiger partial charge in [0.05, 0.1) is 30.1 Å². The number of anilines is 1. The van der Waals surface area contributed by atoms with Gasteiger partial charge in [0.2, 0.25) is 0 Å². The first kappa shape index (κ1) is 19.9. The summed E-state index contributed by atoms with van der Waals surface area (Å²) in [5.41, 5.74) is -0.649. The number of morpholine rings is 1. The normalized spacial score (nSPS) is 24.9. The molecule has 1 aromatic rings. The van der Waals surface area contributed by atoms with Gasteiger partial charge in [-0.05, 0) is 20.3 Å². The molecule has 0 spiro atoms. The zero-order valence-corrected chi connectivity index (χ0v) is 14.1. The Morgan fingerprint density at radius 1 is 1.39 bits per heavy atom. The molecular formula is C14H22ClF3N4O. The summed E-state index contributed by atoms with van der Waals surface area (Å²) in [7, 11) is 0. The van der Waals surface area contributed by atoms with E-state index >= 15 is 0 Å². The van der Waals surface area contributed by atoms with Crippen molar-refractivity contribution in [2.45, 2.75) is 51.6 Å². The van der Waals surface area contributed by atoms with Gasteiger partial charge in [0.15, 0.2) is 5.69 Å². The monoisotopic (exact) mass is 354 g/mol. The molecule has 1 aliphatic rings. The highest BCUT2D eigenvalue weighted by atomic mass is 35.5. The van der Waals surface area contributed by atoms with Crippen LogP contribution in [-0.2, 0) is 17.3 Å². The summed E-state index contributed by atoms with van der Waals surface area (Å²) in [6, 6.07) is 0.0741. The highest BCUT2D eigenvalue weighted by Crippen LogP contribution is 2.28. The quantitative estimate of drug-likeness (QED) is 0.870. The van der Waals surface area contributed by atoms with E-state index in [1.54, 1.807) is 6.92 Å². The lowest BCUT2D eigenvalue weighted by molar-refractivity contribution is -0.141. The Kier molecular flexibility index (Phi) is 7.03. The summed E-state index contributed by atoms with van der Waals surface area (Å²) >= 11 is 0. The molecule has 23 heavy (non-hydrogen) atoms. The molecule has 132 valence electrons. The third-order valence-electron chi connectivity index (χ3n) is 3.64. The number of rotatable bonds is 4. The van der Waals surface area contributed by atoms with Gasteiger partial charge in [-0.15, -0.1) is 12.4 Å². The standard InChI is InChI=1S/C14H21F3N4O.ClH/c1-4-10-13(20-7-12(21-10)14(15,16)17)19-6-11-9(3)22-8(2)5-18-11;/h7-9,11,18H,4-6H2,1-3H3,(H,19,20);1H/t8-,9+,11-;/m1./s1. The summed E-state index contributed by atoms with van der Waals surface area (Å²) in [5, 5.41) is 6.42. The van der Waals surface area contributed by atoms with E-state index in [1.807, 2.05) is 13.8 Å². The first-order valence-electron chi connectivity index (χ1n) is 7.37. The van der Waals surface area contributed by atoms with Crippen LogP contribution in [-0.4, -0.2) is 41.3 Å². The molecule has 1 saturated heterocycles. The molecule has 0 unspecified atom stereocenters. The second-order valence-electron chi connectivity index (χ2n) is 5.45. The number of nitrogens with one attached hydrogen (secondary N) is 2. The van der Waals surface area contributed by atoms with E-state index in [0.717, 1.165) is 12.7 Å². The first-order valence-corrected chi connectivity index (χ1v) is 7.37. The molecule has 2 N–H and O–H groups in total. The Hall–Kier alpha value is -1.12. The minimum absolute atomic E-state index is 0. The van der Waals surface area contributed by atoms with Crippen LogP contribution in [0.3, 0.4) is 0 Å². The van der Waals surface area contributed by atoms with Crippen molar-refractivity contribution in [1.29, 1.82) is 0 Å². The Balaban J connectivity index is 0.00000264. The van der Waals surface area contributed by atoms with Crippen molar-refractivity contribution in [2.24, 2.45) is 0 Å². The van der Waals surface area contributed by atoms with Gasteiger partial charge in [-0.2, -0.15) is 13.2 Å². The SMILES string of the molecule is CCc1nc(C(F)(F)F)cnc1NC[C@H]1NC[C@@H](C)O[C@H]1C.Cl.